The number of hydrogen-bond acceptors (Lipinski definition) is 4. The molecule has 4 rings (SSSR count). The van der Waals surface area contributed by atoms with E-state index in [9.17, 15) is 4.39 Å². The zero-order valence-electron chi connectivity index (χ0n) is 15.8. The van der Waals surface area contributed by atoms with Crippen LogP contribution in [0, 0.1) is 10.6 Å². The van der Waals surface area contributed by atoms with E-state index >= 15 is 0 Å². The molecule has 0 atom stereocenters. The lowest BCUT2D eigenvalue weighted by molar-refractivity contribution is 0.0301. The molecule has 1 aromatic heterocycles. The Balaban J connectivity index is 1.70. The Morgan fingerprint density at radius 1 is 1.07 bits per heavy atom. The molecule has 0 unspecified atom stereocenters. The van der Waals surface area contributed by atoms with Crippen LogP contribution in [0.5, 0.6) is 0 Å². The molecule has 0 N–H and O–H groups in total. The maximum absolute atomic E-state index is 13.4. The summed E-state index contributed by atoms with van der Waals surface area (Å²) in [6.07, 6.45) is 2.35. The normalized spacial score (nSPS) is 15.8. The van der Waals surface area contributed by atoms with Crippen molar-refractivity contribution in [3.05, 3.63) is 65.2 Å². The summed E-state index contributed by atoms with van der Waals surface area (Å²) in [4.78, 5) is 2.34. The largest absolute Gasteiger partial charge is 0.381 e. The van der Waals surface area contributed by atoms with Crippen molar-refractivity contribution < 1.29 is 9.13 Å². The molecule has 0 saturated carbocycles. The minimum Gasteiger partial charge on any atom is -0.381 e. The second-order valence-electron chi connectivity index (χ2n) is 6.98. The lowest BCUT2D eigenvalue weighted by atomic mass is 10.1. The number of methoxy groups -OCH3 is 1. The van der Waals surface area contributed by atoms with Gasteiger partial charge in [-0.1, -0.05) is 30.3 Å². The van der Waals surface area contributed by atoms with Crippen molar-refractivity contribution in [3.63, 3.8) is 0 Å². The van der Waals surface area contributed by atoms with Crippen LogP contribution in [0.4, 0.5) is 4.39 Å². The highest BCUT2D eigenvalue weighted by Gasteiger charge is 2.21. The highest BCUT2D eigenvalue weighted by Crippen LogP contribution is 2.23. The van der Waals surface area contributed by atoms with Gasteiger partial charge in [0.05, 0.1) is 18.5 Å². The summed E-state index contributed by atoms with van der Waals surface area (Å²) in [6.45, 7) is 2.53. The van der Waals surface area contributed by atoms with E-state index in [-0.39, 0.29) is 5.82 Å². The summed E-state index contributed by atoms with van der Waals surface area (Å²) in [6, 6.07) is 16.3. The van der Waals surface area contributed by atoms with Gasteiger partial charge in [0.15, 0.2) is 5.82 Å². The SMILES string of the molecule is COC1CCN(Cn2nc(-c3ccccc3)n(-c3ccc(F)cc3)c2=S)CC1. The lowest BCUT2D eigenvalue weighted by Crippen LogP contribution is -2.38. The van der Waals surface area contributed by atoms with Crippen LogP contribution < -0.4 is 0 Å². The summed E-state index contributed by atoms with van der Waals surface area (Å²) < 4.78 is 23.2. The van der Waals surface area contributed by atoms with Crippen molar-refractivity contribution in [2.24, 2.45) is 0 Å². The third-order valence-corrected chi connectivity index (χ3v) is 5.55. The molecule has 1 aliphatic rings. The predicted molar refractivity (Wildman–Crippen MR) is 109 cm³/mol. The van der Waals surface area contributed by atoms with E-state index in [0.717, 1.165) is 43.0 Å². The van der Waals surface area contributed by atoms with Gasteiger partial charge in [-0.15, -0.1) is 5.10 Å². The van der Waals surface area contributed by atoms with Crippen molar-refractivity contribution in [1.82, 2.24) is 19.2 Å². The van der Waals surface area contributed by atoms with Gasteiger partial charge >= 0.3 is 0 Å². The minimum absolute atomic E-state index is 0.273. The molecule has 0 bridgehead atoms. The van der Waals surface area contributed by atoms with Crippen LogP contribution >= 0.6 is 12.2 Å². The number of halogens is 1. The second kappa shape index (κ2) is 8.34. The molecule has 2 heterocycles. The molecule has 7 heteroatoms. The van der Waals surface area contributed by atoms with Crippen LogP contribution in [0.2, 0.25) is 0 Å². The monoisotopic (exact) mass is 398 g/mol. The van der Waals surface area contributed by atoms with E-state index in [2.05, 4.69) is 4.90 Å². The Labute approximate surface area is 169 Å². The van der Waals surface area contributed by atoms with Gasteiger partial charge in [0, 0.05) is 25.8 Å². The third-order valence-electron chi connectivity index (χ3n) is 5.16. The number of hydrogen-bond donors (Lipinski definition) is 0. The van der Waals surface area contributed by atoms with Gasteiger partial charge in [-0.25, -0.2) is 9.07 Å². The number of likely N-dealkylation sites (tertiary alicyclic amines) is 1. The first kappa shape index (κ1) is 19.0. The van der Waals surface area contributed by atoms with Crippen molar-refractivity contribution in [3.8, 4) is 17.1 Å². The zero-order chi connectivity index (χ0) is 19.5. The molecule has 2 aromatic carbocycles. The van der Waals surface area contributed by atoms with Crippen LogP contribution in [0.3, 0.4) is 0 Å². The van der Waals surface area contributed by atoms with Gasteiger partial charge < -0.3 is 4.74 Å². The fourth-order valence-electron chi connectivity index (χ4n) is 3.57. The van der Waals surface area contributed by atoms with Crippen LogP contribution in [-0.4, -0.2) is 45.6 Å². The summed E-state index contributed by atoms with van der Waals surface area (Å²) in [5, 5.41) is 4.82. The van der Waals surface area contributed by atoms with E-state index in [1.807, 2.05) is 39.6 Å². The maximum Gasteiger partial charge on any atom is 0.204 e. The van der Waals surface area contributed by atoms with Crippen molar-refractivity contribution in [1.29, 1.82) is 0 Å². The van der Waals surface area contributed by atoms with Gasteiger partial charge in [0.25, 0.3) is 0 Å². The van der Waals surface area contributed by atoms with Crippen molar-refractivity contribution in [2.75, 3.05) is 20.2 Å². The summed E-state index contributed by atoms with van der Waals surface area (Å²) in [5.41, 5.74) is 1.77. The van der Waals surface area contributed by atoms with E-state index < -0.39 is 0 Å². The van der Waals surface area contributed by atoms with Gasteiger partial charge in [0.1, 0.15) is 5.82 Å². The molecule has 1 fully saturated rings. The summed E-state index contributed by atoms with van der Waals surface area (Å²) in [7, 11) is 1.77. The molecule has 146 valence electrons. The number of nitrogens with zero attached hydrogens (tertiary/aromatic N) is 4. The highest BCUT2D eigenvalue weighted by molar-refractivity contribution is 7.71. The second-order valence-corrected chi connectivity index (χ2v) is 7.34. The molecule has 0 radical (unpaired) electrons. The van der Waals surface area contributed by atoms with Crippen LogP contribution in [0.25, 0.3) is 17.1 Å². The Morgan fingerprint density at radius 3 is 2.39 bits per heavy atom. The van der Waals surface area contributed by atoms with E-state index in [4.69, 9.17) is 22.1 Å². The molecule has 0 aliphatic carbocycles. The van der Waals surface area contributed by atoms with E-state index in [1.165, 1.54) is 12.1 Å². The van der Waals surface area contributed by atoms with Gasteiger partial charge in [-0.3, -0.25) is 9.47 Å². The molecule has 5 nitrogen and oxygen atoms in total. The number of aromatic nitrogens is 3. The van der Waals surface area contributed by atoms with Crippen molar-refractivity contribution >= 4 is 12.2 Å². The Morgan fingerprint density at radius 2 is 1.75 bits per heavy atom. The zero-order valence-corrected chi connectivity index (χ0v) is 16.6. The minimum atomic E-state index is -0.273. The standard InChI is InChI=1S/C21H23FN4OS/c1-27-19-11-13-24(14-12-19)15-25-21(28)26(18-9-7-17(22)8-10-18)20(23-25)16-5-3-2-4-6-16/h2-10,19H,11-15H2,1H3. The number of rotatable bonds is 5. The number of piperidine rings is 1. The first-order valence-electron chi connectivity index (χ1n) is 9.42. The molecular formula is C21H23FN4OS. The molecule has 3 aromatic rings. The van der Waals surface area contributed by atoms with Crippen molar-refractivity contribution in [2.45, 2.75) is 25.6 Å². The van der Waals surface area contributed by atoms with Crippen LogP contribution in [0.1, 0.15) is 12.8 Å². The predicted octanol–water partition coefficient (Wildman–Crippen LogP) is 4.28. The molecule has 0 spiro atoms. The Kier molecular flexibility index (Phi) is 5.66. The molecule has 0 amide bonds. The number of benzene rings is 2. The molecular weight excluding hydrogens is 375 g/mol. The molecule has 1 saturated heterocycles. The summed E-state index contributed by atoms with van der Waals surface area (Å²) >= 11 is 5.76. The van der Waals surface area contributed by atoms with Crippen LogP contribution in [-0.2, 0) is 11.4 Å². The lowest BCUT2D eigenvalue weighted by Gasteiger charge is -2.30. The fraction of sp³-hybridized carbons (Fsp3) is 0.333. The average molecular weight is 399 g/mol. The molecule has 28 heavy (non-hydrogen) atoms. The molecule has 1 aliphatic heterocycles. The first-order chi connectivity index (χ1) is 13.7. The Bertz CT molecular complexity index is 976. The fourth-order valence-corrected chi connectivity index (χ4v) is 3.86. The topological polar surface area (TPSA) is 35.2 Å². The van der Waals surface area contributed by atoms with E-state index in [0.29, 0.717) is 17.5 Å². The van der Waals surface area contributed by atoms with Crippen LogP contribution in [0.15, 0.2) is 54.6 Å². The Hall–Kier alpha value is -2.35. The average Bonchev–Trinajstić information content (AvgIpc) is 3.06. The van der Waals surface area contributed by atoms with Gasteiger partial charge in [-0.05, 0) is 49.3 Å². The maximum atomic E-state index is 13.4. The first-order valence-corrected chi connectivity index (χ1v) is 9.83. The quantitative estimate of drug-likeness (QED) is 0.601. The highest BCUT2D eigenvalue weighted by atomic mass is 32.1. The summed E-state index contributed by atoms with van der Waals surface area (Å²) in [5.74, 6) is 0.480. The third kappa shape index (κ3) is 3.92. The van der Waals surface area contributed by atoms with Gasteiger partial charge in [0.2, 0.25) is 4.77 Å². The number of ether oxygens (including phenoxy) is 1. The van der Waals surface area contributed by atoms with E-state index in [1.54, 1.807) is 19.2 Å². The van der Waals surface area contributed by atoms with Gasteiger partial charge in [-0.2, -0.15) is 0 Å². The smallest absolute Gasteiger partial charge is 0.204 e.